The van der Waals surface area contributed by atoms with Crippen LogP contribution in [0.4, 0.5) is 0 Å². The van der Waals surface area contributed by atoms with Gasteiger partial charge in [-0.3, -0.25) is 0 Å². The van der Waals surface area contributed by atoms with E-state index < -0.39 is 5.41 Å². The fraction of sp³-hybridized carbons (Fsp3) is 0.500. The molecule has 0 amide bonds. The van der Waals surface area contributed by atoms with Crippen LogP contribution in [0.1, 0.15) is 5.56 Å². The van der Waals surface area contributed by atoms with Gasteiger partial charge in [-0.15, -0.1) is 0 Å². The Balaban J connectivity index is 2.66. The van der Waals surface area contributed by atoms with Crippen LogP contribution in [-0.4, -0.2) is 41.7 Å². The molecule has 0 aliphatic carbocycles. The number of aliphatic hydroxyl groups excluding tert-OH is 3. The van der Waals surface area contributed by atoms with Gasteiger partial charge in [-0.05, 0) is 18.6 Å². The van der Waals surface area contributed by atoms with Crippen molar-refractivity contribution in [1.29, 1.82) is 0 Å². The molecule has 0 atom stereocenters. The molecule has 0 aromatic heterocycles. The van der Waals surface area contributed by atoms with Crippen LogP contribution in [0.15, 0.2) is 24.3 Å². The van der Waals surface area contributed by atoms with Crippen LogP contribution >= 0.6 is 0 Å². The van der Waals surface area contributed by atoms with Crippen molar-refractivity contribution in [2.75, 3.05) is 26.4 Å². The predicted octanol–water partition coefficient (Wildman–Crippen LogP) is 0.337. The van der Waals surface area contributed by atoms with Crippen molar-refractivity contribution in [2.24, 2.45) is 5.41 Å². The first-order chi connectivity index (χ1) is 7.67. The number of hydrogen-bond acceptors (Lipinski definition) is 4. The third-order valence-corrected chi connectivity index (χ3v) is 2.63. The molecule has 4 heteroatoms. The first kappa shape index (κ1) is 13.0. The molecule has 16 heavy (non-hydrogen) atoms. The van der Waals surface area contributed by atoms with Gasteiger partial charge in [0.2, 0.25) is 0 Å². The van der Waals surface area contributed by atoms with E-state index in [9.17, 15) is 0 Å². The summed E-state index contributed by atoms with van der Waals surface area (Å²) in [5, 5.41) is 27.4. The summed E-state index contributed by atoms with van der Waals surface area (Å²) in [7, 11) is 0. The van der Waals surface area contributed by atoms with Gasteiger partial charge in [0.15, 0.2) is 0 Å². The molecule has 0 saturated heterocycles. The largest absolute Gasteiger partial charge is 0.492 e. The molecule has 0 aliphatic heterocycles. The summed E-state index contributed by atoms with van der Waals surface area (Å²) in [6.07, 6.45) is 0. The Labute approximate surface area is 95.1 Å². The standard InChI is InChI=1S/C12H18O4/c1-10-4-2-3-5-11(10)16-9-12(6-13,7-14)8-15/h2-5,13-15H,6-9H2,1H3. The van der Waals surface area contributed by atoms with E-state index in [-0.39, 0.29) is 26.4 Å². The summed E-state index contributed by atoms with van der Waals surface area (Å²) in [4.78, 5) is 0. The van der Waals surface area contributed by atoms with Gasteiger partial charge < -0.3 is 20.1 Å². The fourth-order valence-corrected chi connectivity index (χ4v) is 1.24. The number of hydrogen-bond donors (Lipinski definition) is 3. The quantitative estimate of drug-likeness (QED) is 0.654. The summed E-state index contributed by atoms with van der Waals surface area (Å²) in [6, 6.07) is 7.47. The van der Waals surface area contributed by atoms with Crippen molar-refractivity contribution in [2.45, 2.75) is 6.92 Å². The van der Waals surface area contributed by atoms with Crippen LogP contribution in [-0.2, 0) is 0 Å². The van der Waals surface area contributed by atoms with Crippen LogP contribution in [0.25, 0.3) is 0 Å². The Morgan fingerprint density at radius 3 is 2.12 bits per heavy atom. The SMILES string of the molecule is Cc1ccccc1OCC(CO)(CO)CO. The minimum Gasteiger partial charge on any atom is -0.492 e. The van der Waals surface area contributed by atoms with Gasteiger partial charge in [-0.25, -0.2) is 0 Å². The molecule has 0 bridgehead atoms. The topological polar surface area (TPSA) is 69.9 Å². The minimum absolute atomic E-state index is 0.0847. The Kier molecular flexibility index (Phi) is 4.73. The number of aliphatic hydroxyl groups is 3. The molecule has 0 spiro atoms. The van der Waals surface area contributed by atoms with Gasteiger partial charge in [-0.2, -0.15) is 0 Å². The summed E-state index contributed by atoms with van der Waals surface area (Å²) >= 11 is 0. The lowest BCUT2D eigenvalue weighted by atomic mass is 9.92. The predicted molar refractivity (Wildman–Crippen MR) is 60.4 cm³/mol. The molecular formula is C12H18O4. The summed E-state index contributed by atoms with van der Waals surface area (Å²) < 4.78 is 5.49. The molecule has 90 valence electrons. The van der Waals surface area contributed by atoms with Gasteiger partial charge >= 0.3 is 0 Å². The zero-order valence-electron chi connectivity index (χ0n) is 9.39. The molecule has 1 aromatic carbocycles. The number of ether oxygens (including phenoxy) is 1. The molecule has 0 radical (unpaired) electrons. The Morgan fingerprint density at radius 2 is 1.62 bits per heavy atom. The molecule has 3 N–H and O–H groups in total. The van der Waals surface area contributed by atoms with Crippen LogP contribution in [0.5, 0.6) is 5.75 Å². The Bertz CT molecular complexity index is 312. The maximum Gasteiger partial charge on any atom is 0.122 e. The molecule has 0 aliphatic rings. The number of para-hydroxylation sites is 1. The third kappa shape index (κ3) is 2.95. The van der Waals surface area contributed by atoms with Crippen LogP contribution in [0, 0.1) is 12.3 Å². The monoisotopic (exact) mass is 226 g/mol. The minimum atomic E-state index is -0.984. The van der Waals surface area contributed by atoms with Gasteiger partial charge in [0.05, 0.1) is 25.2 Å². The normalized spacial score (nSPS) is 11.5. The second kappa shape index (κ2) is 5.84. The van der Waals surface area contributed by atoms with Gasteiger partial charge in [0.1, 0.15) is 12.4 Å². The first-order valence-electron chi connectivity index (χ1n) is 5.18. The summed E-state index contributed by atoms with van der Waals surface area (Å²) in [5.74, 6) is 0.697. The van der Waals surface area contributed by atoms with Gasteiger partial charge in [0, 0.05) is 0 Å². The Hall–Kier alpha value is -1.10. The van der Waals surface area contributed by atoms with E-state index in [1.165, 1.54) is 0 Å². The molecule has 0 heterocycles. The maximum atomic E-state index is 9.12. The van der Waals surface area contributed by atoms with Gasteiger partial charge in [0.25, 0.3) is 0 Å². The zero-order chi connectivity index (χ0) is 12.0. The second-order valence-corrected chi connectivity index (χ2v) is 4.03. The summed E-state index contributed by atoms with van der Waals surface area (Å²) in [6.45, 7) is 1.05. The number of rotatable bonds is 6. The summed E-state index contributed by atoms with van der Waals surface area (Å²) in [5.41, 5.74) is -0.00679. The average molecular weight is 226 g/mol. The van der Waals surface area contributed by atoms with E-state index in [4.69, 9.17) is 20.1 Å². The average Bonchev–Trinajstić information content (AvgIpc) is 2.34. The van der Waals surface area contributed by atoms with Crippen molar-refractivity contribution < 1.29 is 20.1 Å². The molecule has 0 fully saturated rings. The molecule has 1 aromatic rings. The van der Waals surface area contributed by atoms with Crippen molar-refractivity contribution in [3.63, 3.8) is 0 Å². The lowest BCUT2D eigenvalue weighted by molar-refractivity contribution is -0.0260. The van der Waals surface area contributed by atoms with Crippen molar-refractivity contribution >= 4 is 0 Å². The Morgan fingerprint density at radius 1 is 1.06 bits per heavy atom. The lowest BCUT2D eigenvalue weighted by Gasteiger charge is -2.27. The van der Waals surface area contributed by atoms with E-state index in [0.717, 1.165) is 5.56 Å². The van der Waals surface area contributed by atoms with Crippen molar-refractivity contribution in [3.8, 4) is 5.75 Å². The fourth-order valence-electron chi connectivity index (χ4n) is 1.24. The zero-order valence-corrected chi connectivity index (χ0v) is 9.39. The first-order valence-corrected chi connectivity index (χ1v) is 5.18. The molecule has 1 rings (SSSR count). The maximum absolute atomic E-state index is 9.12. The van der Waals surface area contributed by atoms with Crippen LogP contribution in [0.2, 0.25) is 0 Å². The molecule has 4 nitrogen and oxygen atoms in total. The third-order valence-electron chi connectivity index (χ3n) is 2.63. The highest BCUT2D eigenvalue weighted by Gasteiger charge is 2.29. The van der Waals surface area contributed by atoms with Crippen molar-refractivity contribution in [3.05, 3.63) is 29.8 Å². The lowest BCUT2D eigenvalue weighted by Crippen LogP contribution is -2.39. The highest BCUT2D eigenvalue weighted by atomic mass is 16.5. The number of benzene rings is 1. The van der Waals surface area contributed by atoms with E-state index in [1.54, 1.807) is 0 Å². The highest BCUT2D eigenvalue weighted by Crippen LogP contribution is 2.21. The van der Waals surface area contributed by atoms with Crippen LogP contribution in [0.3, 0.4) is 0 Å². The second-order valence-electron chi connectivity index (χ2n) is 4.03. The number of aryl methyl sites for hydroxylation is 1. The van der Waals surface area contributed by atoms with E-state index >= 15 is 0 Å². The van der Waals surface area contributed by atoms with Crippen molar-refractivity contribution in [1.82, 2.24) is 0 Å². The van der Waals surface area contributed by atoms with Gasteiger partial charge in [-0.1, -0.05) is 18.2 Å². The molecular weight excluding hydrogens is 208 g/mol. The molecule has 0 saturated carbocycles. The van der Waals surface area contributed by atoms with E-state index in [1.807, 2.05) is 31.2 Å². The van der Waals surface area contributed by atoms with Crippen LogP contribution < -0.4 is 4.74 Å². The van der Waals surface area contributed by atoms with E-state index in [2.05, 4.69) is 0 Å². The molecule has 0 unspecified atom stereocenters. The smallest absolute Gasteiger partial charge is 0.122 e. The highest BCUT2D eigenvalue weighted by molar-refractivity contribution is 5.31. The van der Waals surface area contributed by atoms with E-state index in [0.29, 0.717) is 5.75 Å².